The average Bonchev–Trinajstić information content (AvgIpc) is 3.01. The maximum Gasteiger partial charge on any atom is 0.333 e. The molecule has 2 amide bonds. The third-order valence-electron chi connectivity index (χ3n) is 6.74. The van der Waals surface area contributed by atoms with E-state index in [1.54, 1.807) is 60.7 Å². The van der Waals surface area contributed by atoms with E-state index in [9.17, 15) is 22.8 Å². The molecule has 1 heterocycles. The van der Waals surface area contributed by atoms with Gasteiger partial charge in [0.2, 0.25) is 20.7 Å². The number of hydrogen-bond donors (Lipinski definition) is 1. The number of aryl methyl sites for hydroxylation is 1. The summed E-state index contributed by atoms with van der Waals surface area (Å²) >= 11 is 6.06. The number of amides is 2. The van der Waals surface area contributed by atoms with E-state index in [1.165, 1.54) is 19.2 Å². The Kier molecular flexibility index (Phi) is 10.5. The van der Waals surface area contributed by atoms with Gasteiger partial charge < -0.3 is 19.7 Å². The first-order valence-electron chi connectivity index (χ1n) is 13.2. The average molecular weight is 643 g/mol. The van der Waals surface area contributed by atoms with Crippen LogP contribution in [0, 0.1) is 6.92 Å². The van der Waals surface area contributed by atoms with Crippen LogP contribution in [0.15, 0.2) is 95.9 Å². The lowest BCUT2D eigenvalue weighted by Gasteiger charge is -2.49. The van der Waals surface area contributed by atoms with Crippen LogP contribution in [-0.2, 0) is 41.0 Å². The Morgan fingerprint density at radius 1 is 1.02 bits per heavy atom. The molecule has 0 radical (unpaired) electrons. The molecule has 43 heavy (non-hydrogen) atoms. The van der Waals surface area contributed by atoms with Crippen LogP contribution in [0.25, 0.3) is 0 Å². The molecule has 12 heteroatoms. The van der Waals surface area contributed by atoms with Crippen molar-refractivity contribution < 1.29 is 32.3 Å². The van der Waals surface area contributed by atoms with Gasteiger partial charge in [0.25, 0.3) is 0 Å². The van der Waals surface area contributed by atoms with Gasteiger partial charge >= 0.3 is 5.97 Å². The summed E-state index contributed by atoms with van der Waals surface area (Å²) in [6.45, 7) is 5.57. The predicted octanol–water partition coefficient (Wildman–Crippen LogP) is 4.23. The third kappa shape index (κ3) is 7.78. The van der Waals surface area contributed by atoms with E-state index in [-0.39, 0.29) is 29.4 Å². The number of alkyl halides is 1. The minimum Gasteiger partial charge on any atom is -0.497 e. The smallest absolute Gasteiger partial charge is 0.333 e. The highest BCUT2D eigenvalue weighted by atomic mass is 35.5. The second-order valence-electron chi connectivity index (χ2n) is 9.86. The highest BCUT2D eigenvalue weighted by Gasteiger charge is 2.56. The van der Waals surface area contributed by atoms with Crippen molar-refractivity contribution in [3.8, 4) is 5.75 Å². The lowest BCUT2D eigenvalue weighted by molar-refractivity contribution is -0.163. The van der Waals surface area contributed by atoms with Crippen molar-refractivity contribution >= 4 is 49.0 Å². The molecule has 3 atom stereocenters. The van der Waals surface area contributed by atoms with Crippen molar-refractivity contribution in [3.63, 3.8) is 0 Å². The fourth-order valence-corrected chi connectivity index (χ4v) is 8.05. The Labute approximate surface area is 259 Å². The van der Waals surface area contributed by atoms with Crippen molar-refractivity contribution in [2.75, 3.05) is 13.0 Å². The first kappa shape index (κ1) is 32.1. The SMILES string of the molecule is C=C(CCl)C(C(=O)OCc1ccc(OC)cc1)N1C(=O)C(NC(=O)Cc2ccccc2)C1SS(=O)(=O)c1ccc(C)cc1. The maximum absolute atomic E-state index is 13.5. The molecule has 0 aliphatic carbocycles. The molecule has 226 valence electrons. The number of halogens is 1. The molecule has 4 rings (SSSR count). The van der Waals surface area contributed by atoms with Gasteiger partial charge in [0, 0.05) is 16.7 Å². The summed E-state index contributed by atoms with van der Waals surface area (Å²) in [5, 5.41) is 1.49. The molecule has 0 spiro atoms. The zero-order chi connectivity index (χ0) is 31.1. The number of esters is 1. The summed E-state index contributed by atoms with van der Waals surface area (Å²) in [7, 11) is -2.03. The highest BCUT2D eigenvalue weighted by Crippen LogP contribution is 2.40. The van der Waals surface area contributed by atoms with Gasteiger partial charge in [0.1, 0.15) is 23.8 Å². The number of nitrogens with zero attached hydrogens (tertiary/aromatic N) is 1. The largest absolute Gasteiger partial charge is 0.497 e. The molecule has 1 saturated heterocycles. The molecule has 1 N–H and O–H groups in total. The number of hydrogen-bond acceptors (Lipinski definition) is 8. The summed E-state index contributed by atoms with van der Waals surface area (Å²) in [6.07, 6.45) is -0.0194. The van der Waals surface area contributed by atoms with Crippen LogP contribution in [0.2, 0.25) is 0 Å². The molecular weight excluding hydrogens is 612 g/mol. The van der Waals surface area contributed by atoms with Crippen LogP contribution < -0.4 is 10.1 Å². The Morgan fingerprint density at radius 2 is 1.67 bits per heavy atom. The fraction of sp³-hybridized carbons (Fsp3) is 0.258. The van der Waals surface area contributed by atoms with Gasteiger partial charge in [-0.15, -0.1) is 11.6 Å². The number of likely N-dealkylation sites (tertiary alicyclic amines) is 1. The first-order chi connectivity index (χ1) is 20.5. The number of ether oxygens (including phenoxy) is 2. The van der Waals surface area contributed by atoms with Crippen molar-refractivity contribution in [2.24, 2.45) is 0 Å². The van der Waals surface area contributed by atoms with Crippen LogP contribution in [0.3, 0.4) is 0 Å². The highest BCUT2D eigenvalue weighted by molar-refractivity contribution is 8.72. The molecule has 0 saturated carbocycles. The number of benzene rings is 3. The predicted molar refractivity (Wildman–Crippen MR) is 165 cm³/mol. The normalized spacial score (nSPS) is 17.0. The second-order valence-corrected chi connectivity index (χ2v) is 14.1. The van der Waals surface area contributed by atoms with E-state index < -0.39 is 44.1 Å². The third-order valence-corrected chi connectivity index (χ3v) is 10.8. The minimum absolute atomic E-state index is 0.0194. The molecule has 9 nitrogen and oxygen atoms in total. The van der Waals surface area contributed by atoms with Gasteiger partial charge in [0.15, 0.2) is 6.04 Å². The Hall–Kier alpha value is -3.80. The molecule has 0 bridgehead atoms. The van der Waals surface area contributed by atoms with Gasteiger partial charge in [-0.3, -0.25) is 9.59 Å². The molecule has 1 fully saturated rings. The van der Waals surface area contributed by atoms with Crippen LogP contribution in [-0.4, -0.2) is 61.5 Å². The Morgan fingerprint density at radius 3 is 2.28 bits per heavy atom. The molecule has 0 aromatic heterocycles. The standard InChI is InChI=1S/C31H31ClN2O7S2/c1-20-9-15-25(16-10-20)43(38,39)42-30-27(33-26(35)17-22-7-5-4-6-8-22)29(36)34(30)28(21(2)18-32)31(37)41-19-23-11-13-24(40-3)14-12-23/h4-16,27-28,30H,2,17-19H2,1,3H3,(H,33,35). The van der Waals surface area contributed by atoms with Crippen molar-refractivity contribution in [1.29, 1.82) is 0 Å². The maximum atomic E-state index is 13.5. The number of rotatable bonds is 13. The van der Waals surface area contributed by atoms with Crippen molar-refractivity contribution in [2.45, 2.75) is 42.3 Å². The van der Waals surface area contributed by atoms with Gasteiger partial charge in [-0.25, -0.2) is 13.2 Å². The Balaban J connectivity index is 1.59. The molecule has 3 aromatic carbocycles. The van der Waals surface area contributed by atoms with Gasteiger partial charge in [0.05, 0.1) is 18.4 Å². The topological polar surface area (TPSA) is 119 Å². The lowest BCUT2D eigenvalue weighted by Crippen LogP contribution is -2.73. The van der Waals surface area contributed by atoms with Gasteiger partial charge in [-0.05, 0) is 47.9 Å². The molecule has 3 aromatic rings. The van der Waals surface area contributed by atoms with Crippen LogP contribution in [0.5, 0.6) is 5.75 Å². The summed E-state index contributed by atoms with van der Waals surface area (Å²) in [4.78, 5) is 40.9. The van der Waals surface area contributed by atoms with E-state index in [2.05, 4.69) is 11.9 Å². The van der Waals surface area contributed by atoms with Gasteiger partial charge in [-0.2, -0.15) is 0 Å². The Bertz CT molecular complexity index is 1580. The summed E-state index contributed by atoms with van der Waals surface area (Å²) < 4.78 is 37.6. The number of carbonyl (C=O) groups excluding carboxylic acids is 3. The summed E-state index contributed by atoms with van der Waals surface area (Å²) in [5.74, 6) is -1.53. The first-order valence-corrected chi connectivity index (χ1v) is 16.6. The van der Waals surface area contributed by atoms with Crippen LogP contribution >= 0.6 is 22.4 Å². The zero-order valence-corrected chi connectivity index (χ0v) is 26.0. The number of nitrogens with one attached hydrogen (secondary N) is 1. The minimum atomic E-state index is -4.03. The fourth-order valence-electron chi connectivity index (χ4n) is 4.40. The molecule has 3 unspecified atom stereocenters. The molecule has 1 aliphatic heterocycles. The summed E-state index contributed by atoms with van der Waals surface area (Å²) in [5.41, 5.74) is 2.39. The van der Waals surface area contributed by atoms with E-state index >= 15 is 0 Å². The second kappa shape index (κ2) is 14.1. The van der Waals surface area contributed by atoms with Crippen LogP contribution in [0.1, 0.15) is 16.7 Å². The van der Waals surface area contributed by atoms with E-state index in [4.69, 9.17) is 21.1 Å². The van der Waals surface area contributed by atoms with Crippen molar-refractivity contribution in [3.05, 3.63) is 108 Å². The number of methoxy groups -OCH3 is 1. The van der Waals surface area contributed by atoms with Crippen molar-refractivity contribution in [1.82, 2.24) is 10.2 Å². The summed E-state index contributed by atoms with van der Waals surface area (Å²) in [6, 6.07) is 19.4. The quantitative estimate of drug-likeness (QED) is 0.0968. The number of carbonyl (C=O) groups is 3. The van der Waals surface area contributed by atoms with Gasteiger partial charge in [-0.1, -0.05) is 66.7 Å². The van der Waals surface area contributed by atoms with E-state index in [0.717, 1.165) is 16.0 Å². The number of β-lactam (4-membered cyclic amide) rings is 1. The lowest BCUT2D eigenvalue weighted by atomic mass is 9.99. The zero-order valence-electron chi connectivity index (χ0n) is 23.6. The van der Waals surface area contributed by atoms with E-state index in [0.29, 0.717) is 22.1 Å². The molecule has 1 aliphatic rings. The molecular formula is C31H31ClN2O7S2. The van der Waals surface area contributed by atoms with Crippen LogP contribution in [0.4, 0.5) is 0 Å². The van der Waals surface area contributed by atoms with E-state index in [1.807, 2.05) is 13.0 Å². The monoisotopic (exact) mass is 642 g/mol.